The monoisotopic (exact) mass is 431 g/mol. The van der Waals surface area contributed by atoms with E-state index in [1.54, 1.807) is 0 Å². The molecule has 1 heterocycles. The van der Waals surface area contributed by atoms with Crippen molar-refractivity contribution < 1.29 is 0 Å². The molecule has 5 heteroatoms. The number of rotatable bonds is 11. The highest BCUT2D eigenvalue weighted by atomic mass is 15.2. The number of anilines is 1. The van der Waals surface area contributed by atoms with Crippen molar-refractivity contribution in [3.05, 3.63) is 11.6 Å². The lowest BCUT2D eigenvalue weighted by Crippen LogP contribution is -2.48. The first-order valence-electron chi connectivity index (χ1n) is 12.9. The summed E-state index contributed by atoms with van der Waals surface area (Å²) in [6.45, 7) is 20.4. The first-order chi connectivity index (χ1) is 14.5. The first-order valence-corrected chi connectivity index (χ1v) is 12.9. The third-order valence-corrected chi connectivity index (χ3v) is 8.38. The van der Waals surface area contributed by atoms with Gasteiger partial charge in [0.1, 0.15) is 11.6 Å². The molecule has 1 saturated carbocycles. The van der Waals surface area contributed by atoms with Gasteiger partial charge in [0.15, 0.2) is 0 Å². The molecule has 1 aliphatic rings. The number of hydrogen-bond acceptors (Lipinski definition) is 5. The molecule has 1 fully saturated rings. The van der Waals surface area contributed by atoms with Crippen molar-refractivity contribution in [3.63, 3.8) is 0 Å². The molecule has 0 atom stereocenters. The molecule has 1 aromatic heterocycles. The summed E-state index contributed by atoms with van der Waals surface area (Å²) in [5.41, 5.74) is 0.201. The Bertz CT molecular complexity index is 647. The van der Waals surface area contributed by atoms with Gasteiger partial charge in [-0.3, -0.25) is 0 Å². The molecular weight excluding hydrogens is 382 g/mol. The zero-order valence-electron chi connectivity index (χ0n) is 21.9. The van der Waals surface area contributed by atoms with E-state index in [-0.39, 0.29) is 16.4 Å². The van der Waals surface area contributed by atoms with Crippen LogP contribution in [-0.2, 0) is 10.8 Å². The highest BCUT2D eigenvalue weighted by Gasteiger charge is 2.33. The Morgan fingerprint density at radius 2 is 1.06 bits per heavy atom. The summed E-state index contributed by atoms with van der Waals surface area (Å²) in [5, 5.41) is 7.56. The SMILES string of the molecule is CCC(C)(C)NC1CCC(Nc2nc(C(C)(CC)CC)nc(C(C)(CC)CC)n2)CC1. The van der Waals surface area contributed by atoms with Crippen LogP contribution in [0.15, 0.2) is 0 Å². The topological polar surface area (TPSA) is 62.7 Å². The zero-order valence-corrected chi connectivity index (χ0v) is 21.9. The van der Waals surface area contributed by atoms with E-state index in [4.69, 9.17) is 15.0 Å². The fourth-order valence-corrected chi connectivity index (χ4v) is 4.33. The molecule has 1 aliphatic carbocycles. The number of nitrogens with zero attached hydrogens (tertiary/aromatic N) is 3. The van der Waals surface area contributed by atoms with E-state index < -0.39 is 0 Å². The van der Waals surface area contributed by atoms with Crippen LogP contribution < -0.4 is 10.6 Å². The van der Waals surface area contributed by atoms with Crippen molar-refractivity contribution in [3.8, 4) is 0 Å². The predicted molar refractivity (Wildman–Crippen MR) is 133 cm³/mol. The quantitative estimate of drug-likeness (QED) is 0.417. The molecular formula is C26H49N5. The minimum Gasteiger partial charge on any atom is -0.351 e. The van der Waals surface area contributed by atoms with Crippen molar-refractivity contribution in [2.45, 2.75) is 149 Å². The molecule has 2 N–H and O–H groups in total. The van der Waals surface area contributed by atoms with Gasteiger partial charge in [-0.25, -0.2) is 4.98 Å². The standard InChI is InChI=1S/C26H49N5/c1-10-24(6,7)31-20-17-15-19(16-18-20)27-23-29-21(25(8,11-2)12-3)28-22(30-23)26(9,13-4)14-5/h19-20,31H,10-18H2,1-9H3,(H,27,28,29,30). The van der Waals surface area contributed by atoms with Gasteiger partial charge in [-0.2, -0.15) is 9.97 Å². The second kappa shape index (κ2) is 10.6. The van der Waals surface area contributed by atoms with E-state index in [1.165, 1.54) is 12.8 Å². The van der Waals surface area contributed by atoms with E-state index in [9.17, 15) is 0 Å². The van der Waals surface area contributed by atoms with E-state index in [1.807, 2.05) is 0 Å². The first kappa shape index (κ1) is 26.0. The molecule has 0 bridgehead atoms. The van der Waals surface area contributed by atoms with Gasteiger partial charge in [-0.15, -0.1) is 0 Å². The highest BCUT2D eigenvalue weighted by molar-refractivity contribution is 5.30. The molecule has 0 radical (unpaired) electrons. The second-order valence-electron chi connectivity index (χ2n) is 10.9. The van der Waals surface area contributed by atoms with Crippen molar-refractivity contribution in [1.82, 2.24) is 20.3 Å². The van der Waals surface area contributed by atoms with Crippen LogP contribution in [0.1, 0.15) is 132 Å². The number of nitrogens with one attached hydrogen (secondary N) is 2. The van der Waals surface area contributed by atoms with E-state index in [2.05, 4.69) is 72.9 Å². The molecule has 1 aromatic rings. The number of hydrogen-bond donors (Lipinski definition) is 2. The third kappa shape index (κ3) is 6.40. The summed E-state index contributed by atoms with van der Waals surface area (Å²) in [6, 6.07) is 1.05. The Balaban J connectivity index is 2.22. The summed E-state index contributed by atoms with van der Waals surface area (Å²) in [4.78, 5) is 15.0. The fraction of sp³-hybridized carbons (Fsp3) is 0.885. The molecule has 31 heavy (non-hydrogen) atoms. The largest absolute Gasteiger partial charge is 0.351 e. The van der Waals surface area contributed by atoms with Gasteiger partial charge in [0.2, 0.25) is 5.95 Å². The van der Waals surface area contributed by atoms with E-state index in [0.29, 0.717) is 12.1 Å². The van der Waals surface area contributed by atoms with Crippen LogP contribution in [0.25, 0.3) is 0 Å². The second-order valence-corrected chi connectivity index (χ2v) is 10.9. The third-order valence-electron chi connectivity index (χ3n) is 8.38. The van der Waals surface area contributed by atoms with Crippen LogP contribution in [0, 0.1) is 0 Å². The Hall–Kier alpha value is -1.23. The van der Waals surface area contributed by atoms with Gasteiger partial charge in [0, 0.05) is 28.5 Å². The van der Waals surface area contributed by atoms with Crippen LogP contribution in [0.3, 0.4) is 0 Å². The highest BCUT2D eigenvalue weighted by Crippen LogP contribution is 2.34. The molecule has 0 aromatic carbocycles. The fourth-order valence-electron chi connectivity index (χ4n) is 4.33. The van der Waals surface area contributed by atoms with Gasteiger partial charge in [-0.1, -0.05) is 48.5 Å². The molecule has 0 unspecified atom stereocenters. The lowest BCUT2D eigenvalue weighted by atomic mass is 9.82. The van der Waals surface area contributed by atoms with Crippen molar-refractivity contribution in [1.29, 1.82) is 0 Å². The molecule has 0 spiro atoms. The Morgan fingerprint density at radius 3 is 1.45 bits per heavy atom. The van der Waals surface area contributed by atoms with Gasteiger partial charge < -0.3 is 10.6 Å². The van der Waals surface area contributed by atoms with Crippen molar-refractivity contribution in [2.75, 3.05) is 5.32 Å². The normalized spacial score (nSPS) is 20.7. The lowest BCUT2D eigenvalue weighted by molar-refractivity contribution is 0.266. The lowest BCUT2D eigenvalue weighted by Gasteiger charge is -2.36. The van der Waals surface area contributed by atoms with Crippen LogP contribution in [-0.4, -0.2) is 32.6 Å². The molecule has 178 valence electrons. The van der Waals surface area contributed by atoms with Crippen LogP contribution in [0.4, 0.5) is 5.95 Å². The summed E-state index contributed by atoms with van der Waals surface area (Å²) < 4.78 is 0. The van der Waals surface area contributed by atoms with Crippen LogP contribution in [0.5, 0.6) is 0 Å². The molecule has 0 amide bonds. The van der Waals surface area contributed by atoms with Gasteiger partial charge in [-0.05, 0) is 71.6 Å². The maximum atomic E-state index is 5.04. The number of aromatic nitrogens is 3. The summed E-state index contributed by atoms with van der Waals surface area (Å²) in [5.74, 6) is 2.70. The average Bonchev–Trinajstić information content (AvgIpc) is 2.78. The van der Waals surface area contributed by atoms with Gasteiger partial charge in [0.25, 0.3) is 0 Å². The minimum atomic E-state index is -0.0101. The maximum Gasteiger partial charge on any atom is 0.226 e. The molecule has 5 nitrogen and oxygen atoms in total. The molecule has 0 saturated heterocycles. The minimum absolute atomic E-state index is 0.0101. The Kier molecular flexibility index (Phi) is 8.89. The molecule has 0 aliphatic heterocycles. The zero-order chi connectivity index (χ0) is 23.3. The van der Waals surface area contributed by atoms with Crippen molar-refractivity contribution >= 4 is 5.95 Å². The Morgan fingerprint density at radius 1 is 0.645 bits per heavy atom. The van der Waals surface area contributed by atoms with Crippen LogP contribution >= 0.6 is 0 Å². The maximum absolute atomic E-state index is 5.04. The van der Waals surface area contributed by atoms with Crippen molar-refractivity contribution in [2.24, 2.45) is 0 Å². The molecule has 2 rings (SSSR count). The van der Waals surface area contributed by atoms with E-state index >= 15 is 0 Å². The van der Waals surface area contributed by atoms with Gasteiger partial charge >= 0.3 is 0 Å². The van der Waals surface area contributed by atoms with Crippen LogP contribution in [0.2, 0.25) is 0 Å². The van der Waals surface area contributed by atoms with Gasteiger partial charge in [0.05, 0.1) is 0 Å². The summed E-state index contributed by atoms with van der Waals surface area (Å²) >= 11 is 0. The predicted octanol–water partition coefficient (Wildman–Crippen LogP) is 6.53. The van der Waals surface area contributed by atoms with E-state index in [0.717, 1.165) is 62.5 Å². The summed E-state index contributed by atoms with van der Waals surface area (Å²) in [7, 11) is 0. The average molecular weight is 432 g/mol. The summed E-state index contributed by atoms with van der Waals surface area (Å²) in [6.07, 6.45) is 10.0. The smallest absolute Gasteiger partial charge is 0.226 e. The Labute approximate surface area is 192 Å².